The van der Waals surface area contributed by atoms with Gasteiger partial charge in [-0.25, -0.2) is 0 Å². The van der Waals surface area contributed by atoms with Gasteiger partial charge in [0.15, 0.2) is 0 Å². The number of amidine groups is 1. The number of nitrogens with zero attached hydrogens (tertiary/aromatic N) is 1. The minimum Gasteiger partial charge on any atom is -0.463 e. The third-order valence-electron chi connectivity index (χ3n) is 2.64. The molecule has 1 saturated heterocycles. The van der Waals surface area contributed by atoms with Gasteiger partial charge in [-0.1, -0.05) is 24.3 Å². The lowest BCUT2D eigenvalue weighted by Crippen LogP contribution is -2.36. The van der Waals surface area contributed by atoms with E-state index in [0.717, 1.165) is 30.6 Å². The Labute approximate surface area is 110 Å². The minimum atomic E-state index is 0.141. The first-order valence-corrected chi connectivity index (χ1v) is 6.35. The summed E-state index contributed by atoms with van der Waals surface area (Å²) in [7, 11) is 0. The number of nitrogens with one attached hydrogen (secondary N) is 1. The second-order valence-electron chi connectivity index (χ2n) is 5.02. The van der Waals surface area contributed by atoms with Crippen LogP contribution in [0.2, 0.25) is 0 Å². The van der Waals surface area contributed by atoms with Crippen LogP contribution in [0.3, 0.4) is 0 Å². The molecule has 1 aliphatic heterocycles. The molecule has 0 spiro atoms. The molecule has 0 unspecified atom stereocenters. The summed E-state index contributed by atoms with van der Waals surface area (Å²) in [4.78, 5) is 1.83. The average Bonchev–Trinajstić information content (AvgIpc) is 2.76. The van der Waals surface area contributed by atoms with Crippen LogP contribution in [0, 0.1) is 5.41 Å². The Balaban J connectivity index is 2.41. The Hall–Kier alpha value is -1.29. The number of rotatable bonds is 6. The second kappa shape index (κ2) is 7.21. The number of ether oxygens (including phenoxy) is 2. The molecule has 0 aromatic rings. The molecule has 1 heterocycles. The van der Waals surface area contributed by atoms with Crippen molar-refractivity contribution in [3.8, 4) is 0 Å². The molecule has 1 aliphatic rings. The Bertz CT molecular complexity index is 304. The standard InChI is InChI=1S/C14H24N2O2/c1-11(2)8-16(9-12(3)4)14(15)18-10-13-6-5-7-17-13/h13,15H,1,3,5-10H2,2,4H3/t13-/m0/s1. The third kappa shape index (κ3) is 5.36. The van der Waals surface area contributed by atoms with Gasteiger partial charge in [0.05, 0.1) is 6.10 Å². The van der Waals surface area contributed by atoms with E-state index < -0.39 is 0 Å². The van der Waals surface area contributed by atoms with Crippen LogP contribution in [0.15, 0.2) is 24.3 Å². The van der Waals surface area contributed by atoms with Crippen LogP contribution in [0.4, 0.5) is 0 Å². The van der Waals surface area contributed by atoms with Crippen LogP contribution < -0.4 is 0 Å². The normalized spacial score (nSPS) is 18.4. The molecule has 18 heavy (non-hydrogen) atoms. The summed E-state index contributed by atoms with van der Waals surface area (Å²) in [6, 6.07) is 0.177. The lowest BCUT2D eigenvalue weighted by Gasteiger charge is -2.25. The highest BCUT2D eigenvalue weighted by Gasteiger charge is 2.18. The summed E-state index contributed by atoms with van der Waals surface area (Å²) >= 11 is 0. The topological polar surface area (TPSA) is 45.6 Å². The van der Waals surface area contributed by atoms with Crippen LogP contribution in [-0.4, -0.2) is 43.3 Å². The molecule has 0 amide bonds. The summed E-state index contributed by atoms with van der Waals surface area (Å²) < 4.78 is 11.0. The Morgan fingerprint density at radius 1 is 1.33 bits per heavy atom. The molecule has 102 valence electrons. The summed E-state index contributed by atoms with van der Waals surface area (Å²) in [5.41, 5.74) is 2.00. The Morgan fingerprint density at radius 2 is 1.94 bits per heavy atom. The second-order valence-corrected chi connectivity index (χ2v) is 5.02. The Kier molecular flexibility index (Phi) is 5.92. The highest BCUT2D eigenvalue weighted by molar-refractivity contribution is 5.71. The van der Waals surface area contributed by atoms with Crippen molar-refractivity contribution < 1.29 is 9.47 Å². The first-order chi connectivity index (χ1) is 8.49. The first kappa shape index (κ1) is 14.8. The van der Waals surface area contributed by atoms with Crippen molar-refractivity contribution in [2.45, 2.75) is 32.8 Å². The van der Waals surface area contributed by atoms with Crippen molar-refractivity contribution in [3.05, 3.63) is 24.3 Å². The minimum absolute atomic E-state index is 0.141. The van der Waals surface area contributed by atoms with Gasteiger partial charge in [0.2, 0.25) is 0 Å². The molecule has 1 atom stereocenters. The number of hydrogen-bond acceptors (Lipinski definition) is 3. The van der Waals surface area contributed by atoms with E-state index in [0.29, 0.717) is 19.7 Å². The van der Waals surface area contributed by atoms with Crippen LogP contribution >= 0.6 is 0 Å². The maximum Gasteiger partial charge on any atom is 0.285 e. The summed E-state index contributed by atoms with van der Waals surface area (Å²) in [6.07, 6.45) is 2.25. The predicted octanol–water partition coefficient (Wildman–Crippen LogP) is 2.57. The fraction of sp³-hybridized carbons (Fsp3) is 0.643. The smallest absolute Gasteiger partial charge is 0.285 e. The van der Waals surface area contributed by atoms with Gasteiger partial charge in [0.25, 0.3) is 6.02 Å². The summed E-state index contributed by atoms with van der Waals surface area (Å²) in [5.74, 6) is 0. The highest BCUT2D eigenvalue weighted by atomic mass is 16.5. The van der Waals surface area contributed by atoms with Gasteiger partial charge in [-0.3, -0.25) is 5.41 Å². The molecule has 1 rings (SSSR count). The SMILES string of the molecule is C=C(C)CN(CC(=C)C)C(=N)OC[C@@H]1CCCO1. The molecule has 1 N–H and O–H groups in total. The van der Waals surface area contributed by atoms with Crippen LogP contribution in [0.1, 0.15) is 26.7 Å². The van der Waals surface area contributed by atoms with Gasteiger partial charge in [0, 0.05) is 19.7 Å². The molecular weight excluding hydrogens is 228 g/mol. The lowest BCUT2D eigenvalue weighted by molar-refractivity contribution is 0.0563. The molecule has 0 aromatic carbocycles. The molecule has 4 nitrogen and oxygen atoms in total. The predicted molar refractivity (Wildman–Crippen MR) is 73.9 cm³/mol. The van der Waals surface area contributed by atoms with E-state index in [-0.39, 0.29) is 12.1 Å². The Morgan fingerprint density at radius 3 is 2.39 bits per heavy atom. The summed E-state index contributed by atoms with van der Waals surface area (Å²) in [6.45, 7) is 14.1. The zero-order valence-corrected chi connectivity index (χ0v) is 11.5. The first-order valence-electron chi connectivity index (χ1n) is 6.35. The zero-order valence-electron chi connectivity index (χ0n) is 11.5. The fourth-order valence-electron chi connectivity index (χ4n) is 1.89. The van der Waals surface area contributed by atoms with Gasteiger partial charge < -0.3 is 14.4 Å². The molecule has 0 aromatic heterocycles. The van der Waals surface area contributed by atoms with Crippen molar-refractivity contribution in [2.24, 2.45) is 0 Å². The van der Waals surface area contributed by atoms with Gasteiger partial charge >= 0.3 is 0 Å². The maximum atomic E-state index is 7.96. The van der Waals surface area contributed by atoms with E-state index in [4.69, 9.17) is 14.9 Å². The van der Waals surface area contributed by atoms with E-state index >= 15 is 0 Å². The van der Waals surface area contributed by atoms with Crippen LogP contribution in [0.25, 0.3) is 0 Å². The van der Waals surface area contributed by atoms with Crippen LogP contribution in [0.5, 0.6) is 0 Å². The molecule has 1 fully saturated rings. The van der Waals surface area contributed by atoms with Crippen molar-refractivity contribution in [1.29, 1.82) is 5.41 Å². The van der Waals surface area contributed by atoms with Crippen LogP contribution in [-0.2, 0) is 9.47 Å². The highest BCUT2D eigenvalue weighted by Crippen LogP contribution is 2.12. The molecule has 0 bridgehead atoms. The monoisotopic (exact) mass is 252 g/mol. The maximum absolute atomic E-state index is 7.96. The van der Waals surface area contributed by atoms with Gasteiger partial charge in [-0.2, -0.15) is 0 Å². The van der Waals surface area contributed by atoms with Gasteiger partial charge in [0.1, 0.15) is 6.61 Å². The van der Waals surface area contributed by atoms with Gasteiger partial charge in [-0.05, 0) is 26.7 Å². The summed E-state index contributed by atoms with van der Waals surface area (Å²) in [5, 5.41) is 7.96. The van der Waals surface area contributed by atoms with Crippen molar-refractivity contribution >= 4 is 6.02 Å². The van der Waals surface area contributed by atoms with E-state index in [9.17, 15) is 0 Å². The third-order valence-corrected chi connectivity index (χ3v) is 2.64. The molecule has 0 saturated carbocycles. The van der Waals surface area contributed by atoms with Crippen molar-refractivity contribution in [3.63, 3.8) is 0 Å². The van der Waals surface area contributed by atoms with Crippen molar-refractivity contribution in [1.82, 2.24) is 4.90 Å². The zero-order chi connectivity index (χ0) is 13.5. The van der Waals surface area contributed by atoms with Crippen molar-refractivity contribution in [2.75, 3.05) is 26.3 Å². The lowest BCUT2D eigenvalue weighted by atomic mass is 10.2. The van der Waals surface area contributed by atoms with E-state index in [2.05, 4.69) is 13.2 Å². The average molecular weight is 252 g/mol. The number of hydrogen-bond donors (Lipinski definition) is 1. The molecule has 4 heteroatoms. The molecule has 0 aliphatic carbocycles. The molecular formula is C14H24N2O2. The van der Waals surface area contributed by atoms with Gasteiger partial charge in [-0.15, -0.1) is 0 Å². The fourth-order valence-corrected chi connectivity index (χ4v) is 1.89. The largest absolute Gasteiger partial charge is 0.463 e. The van der Waals surface area contributed by atoms with E-state index in [1.54, 1.807) is 0 Å². The molecule has 0 radical (unpaired) electrons. The van der Waals surface area contributed by atoms with E-state index in [1.807, 2.05) is 18.7 Å². The van der Waals surface area contributed by atoms with E-state index in [1.165, 1.54) is 0 Å². The quantitative estimate of drug-likeness (QED) is 0.449.